The summed E-state index contributed by atoms with van der Waals surface area (Å²) in [4.78, 5) is 15.5. The second-order valence-electron chi connectivity index (χ2n) is 9.05. The van der Waals surface area contributed by atoms with Crippen LogP contribution >= 0.6 is 0 Å². The van der Waals surface area contributed by atoms with Crippen molar-refractivity contribution in [2.75, 3.05) is 13.2 Å². The number of benzene rings is 1. The molecule has 4 bridgehead atoms. The molecule has 0 N–H and O–H groups in total. The highest BCUT2D eigenvalue weighted by molar-refractivity contribution is 5.74. The number of fused-ring (bicyclic) bond motifs is 2. The Morgan fingerprint density at radius 3 is 2.77 bits per heavy atom. The number of hydrogen-bond acceptors (Lipinski definition) is 3. The van der Waals surface area contributed by atoms with Gasteiger partial charge in [-0.2, -0.15) is 0 Å². The monoisotopic (exact) mass is 353 g/mol. The van der Waals surface area contributed by atoms with Crippen LogP contribution in [0.4, 0.5) is 0 Å². The topological polar surface area (TPSA) is 29.5 Å². The van der Waals surface area contributed by atoms with Gasteiger partial charge in [0, 0.05) is 24.0 Å². The van der Waals surface area contributed by atoms with Crippen molar-refractivity contribution in [2.24, 2.45) is 17.8 Å². The van der Waals surface area contributed by atoms with Gasteiger partial charge < -0.3 is 4.74 Å². The average Bonchev–Trinajstić information content (AvgIpc) is 3.48. The van der Waals surface area contributed by atoms with Gasteiger partial charge in [0.05, 0.1) is 12.5 Å². The van der Waals surface area contributed by atoms with E-state index in [0.29, 0.717) is 24.6 Å². The van der Waals surface area contributed by atoms with Crippen LogP contribution in [0.3, 0.4) is 0 Å². The fourth-order valence-electron chi connectivity index (χ4n) is 6.62. The molecule has 3 unspecified atom stereocenters. The average molecular weight is 354 g/mol. The van der Waals surface area contributed by atoms with E-state index in [2.05, 4.69) is 36.1 Å². The van der Waals surface area contributed by atoms with E-state index in [1.165, 1.54) is 32.2 Å². The summed E-state index contributed by atoms with van der Waals surface area (Å²) < 4.78 is 5.50. The number of carbonyl (C=O) groups is 1. The Morgan fingerprint density at radius 2 is 2.04 bits per heavy atom. The first-order chi connectivity index (χ1) is 12.7. The molecule has 1 aromatic carbocycles. The third kappa shape index (κ3) is 2.32. The van der Waals surface area contributed by atoms with Gasteiger partial charge in [0.15, 0.2) is 0 Å². The minimum Gasteiger partial charge on any atom is -0.466 e. The molecule has 0 radical (unpaired) electrons. The molecule has 2 heterocycles. The van der Waals surface area contributed by atoms with Gasteiger partial charge in [-0.3, -0.25) is 9.69 Å². The maximum Gasteiger partial charge on any atom is 0.310 e. The van der Waals surface area contributed by atoms with Gasteiger partial charge in [0.1, 0.15) is 0 Å². The molecule has 26 heavy (non-hydrogen) atoms. The molecule has 3 heteroatoms. The van der Waals surface area contributed by atoms with E-state index in [1.54, 1.807) is 11.1 Å². The first kappa shape index (κ1) is 16.8. The molecule has 0 spiro atoms. The minimum atomic E-state index is 0.0558. The van der Waals surface area contributed by atoms with Gasteiger partial charge in [-0.15, -0.1) is 0 Å². The molecule has 1 aromatic rings. The van der Waals surface area contributed by atoms with Crippen molar-refractivity contribution in [1.29, 1.82) is 0 Å². The van der Waals surface area contributed by atoms with Crippen molar-refractivity contribution in [3.63, 3.8) is 0 Å². The number of hydrogen-bond donors (Lipinski definition) is 0. The van der Waals surface area contributed by atoms with Crippen LogP contribution in [0.25, 0.3) is 0 Å². The van der Waals surface area contributed by atoms with Crippen LogP contribution in [0.15, 0.2) is 24.3 Å². The third-order valence-electron chi connectivity index (χ3n) is 7.94. The molecule has 0 amide bonds. The van der Waals surface area contributed by atoms with Crippen LogP contribution in [0, 0.1) is 17.8 Å². The van der Waals surface area contributed by atoms with Crippen molar-refractivity contribution in [3.8, 4) is 0 Å². The van der Waals surface area contributed by atoms with Crippen LogP contribution in [-0.4, -0.2) is 36.1 Å². The van der Waals surface area contributed by atoms with E-state index in [4.69, 9.17) is 4.74 Å². The summed E-state index contributed by atoms with van der Waals surface area (Å²) in [5, 5.41) is 0. The molecule has 5 aliphatic rings. The third-order valence-corrected chi connectivity index (χ3v) is 7.94. The van der Waals surface area contributed by atoms with Crippen LogP contribution in [0.5, 0.6) is 0 Å². The molecule has 140 valence electrons. The normalized spacial score (nSPS) is 38.1. The standard InChI is InChI=1S/C23H31NO2/c1-3-23-13-21-17(22(25)26-4-2)12-19(23)20(24(21)14-15-9-10-15)11-16-7-5-6-8-18(16)23/h5-8,15,17,19-21H,3-4,9-14H2,1-2H3/t17-,19?,20?,21?,23-/m0/s1. The molecule has 0 aromatic heterocycles. The zero-order valence-electron chi connectivity index (χ0n) is 16.1. The van der Waals surface area contributed by atoms with Crippen LogP contribution in [0.2, 0.25) is 0 Å². The van der Waals surface area contributed by atoms with Crippen LogP contribution in [-0.2, 0) is 21.4 Å². The summed E-state index contributed by atoms with van der Waals surface area (Å²) >= 11 is 0. The van der Waals surface area contributed by atoms with E-state index >= 15 is 0 Å². The molecular weight excluding hydrogens is 322 g/mol. The van der Waals surface area contributed by atoms with E-state index < -0.39 is 0 Å². The Hall–Kier alpha value is -1.35. The summed E-state index contributed by atoms with van der Waals surface area (Å²) in [5.74, 6) is 1.60. The molecular formula is C23H31NO2. The number of carbonyl (C=O) groups excluding carboxylic acids is 1. The van der Waals surface area contributed by atoms with Crippen molar-refractivity contribution in [3.05, 3.63) is 35.4 Å². The number of rotatable bonds is 5. The summed E-state index contributed by atoms with van der Waals surface area (Å²) in [6.45, 7) is 5.99. The highest BCUT2D eigenvalue weighted by Crippen LogP contribution is 2.60. The fraction of sp³-hybridized carbons (Fsp3) is 0.696. The van der Waals surface area contributed by atoms with Gasteiger partial charge in [0.25, 0.3) is 0 Å². The second kappa shape index (κ2) is 6.09. The molecule has 2 saturated carbocycles. The highest BCUT2D eigenvalue weighted by Gasteiger charge is 2.62. The maximum absolute atomic E-state index is 12.7. The van der Waals surface area contributed by atoms with Crippen molar-refractivity contribution >= 4 is 5.97 Å². The highest BCUT2D eigenvalue weighted by atomic mass is 16.5. The zero-order valence-corrected chi connectivity index (χ0v) is 16.1. The largest absolute Gasteiger partial charge is 0.466 e. The lowest BCUT2D eigenvalue weighted by atomic mass is 9.48. The summed E-state index contributed by atoms with van der Waals surface area (Å²) in [5.41, 5.74) is 3.42. The smallest absolute Gasteiger partial charge is 0.310 e. The molecule has 3 aliphatic carbocycles. The Morgan fingerprint density at radius 1 is 1.23 bits per heavy atom. The van der Waals surface area contributed by atoms with E-state index in [0.717, 1.165) is 18.8 Å². The van der Waals surface area contributed by atoms with E-state index in [1.807, 2.05) is 6.92 Å². The van der Waals surface area contributed by atoms with Gasteiger partial charge in [-0.25, -0.2) is 0 Å². The second-order valence-corrected chi connectivity index (χ2v) is 9.05. The van der Waals surface area contributed by atoms with Crippen molar-refractivity contribution in [2.45, 2.75) is 69.9 Å². The van der Waals surface area contributed by atoms with Gasteiger partial charge >= 0.3 is 5.97 Å². The Bertz CT molecular complexity index is 712. The molecule has 6 rings (SSSR count). The lowest BCUT2D eigenvalue weighted by molar-refractivity contribution is -0.168. The summed E-state index contributed by atoms with van der Waals surface area (Å²) in [6, 6.07) is 10.1. The molecule has 2 saturated heterocycles. The van der Waals surface area contributed by atoms with Gasteiger partial charge in [-0.05, 0) is 68.4 Å². The SMILES string of the molecule is CCOC(=O)[C@H]1CC2C3Cc4ccccc4[C@]2(CC)CC1N3CC1CC1. The number of esters is 1. The number of nitrogens with zero attached hydrogens (tertiary/aromatic N) is 1. The quantitative estimate of drug-likeness (QED) is 0.751. The summed E-state index contributed by atoms with van der Waals surface area (Å²) in [6.07, 6.45) is 7.27. The minimum absolute atomic E-state index is 0.0558. The lowest BCUT2D eigenvalue weighted by Crippen LogP contribution is -2.70. The molecule has 5 atom stereocenters. The fourth-order valence-corrected chi connectivity index (χ4v) is 6.62. The predicted octanol–water partition coefficient (Wildman–Crippen LogP) is 3.94. The van der Waals surface area contributed by atoms with Gasteiger partial charge in [0.2, 0.25) is 0 Å². The Labute approximate surface area is 157 Å². The first-order valence-electron chi connectivity index (χ1n) is 10.7. The lowest BCUT2D eigenvalue weighted by Gasteiger charge is -2.65. The van der Waals surface area contributed by atoms with E-state index in [-0.39, 0.29) is 17.3 Å². The predicted molar refractivity (Wildman–Crippen MR) is 102 cm³/mol. The zero-order chi connectivity index (χ0) is 17.9. The molecule has 2 aliphatic heterocycles. The molecule has 3 nitrogen and oxygen atoms in total. The maximum atomic E-state index is 12.7. The summed E-state index contributed by atoms with van der Waals surface area (Å²) in [7, 11) is 0. The van der Waals surface area contributed by atoms with Crippen LogP contribution in [0.1, 0.15) is 57.1 Å². The Balaban J connectivity index is 1.56. The molecule has 4 fully saturated rings. The van der Waals surface area contributed by atoms with E-state index in [9.17, 15) is 4.79 Å². The van der Waals surface area contributed by atoms with Crippen molar-refractivity contribution in [1.82, 2.24) is 4.90 Å². The first-order valence-corrected chi connectivity index (χ1v) is 10.7. The Kier molecular flexibility index (Phi) is 3.93. The number of ether oxygens (including phenoxy) is 1. The van der Waals surface area contributed by atoms with Crippen LogP contribution < -0.4 is 0 Å². The van der Waals surface area contributed by atoms with Crippen molar-refractivity contribution < 1.29 is 9.53 Å². The number of piperidine rings is 2. The van der Waals surface area contributed by atoms with Gasteiger partial charge in [-0.1, -0.05) is 31.2 Å².